The average Bonchev–Trinajstić information content (AvgIpc) is 1.98. The van der Waals surface area contributed by atoms with Crippen LogP contribution in [0.15, 0.2) is 11.6 Å². The van der Waals surface area contributed by atoms with Gasteiger partial charge in [-0.1, -0.05) is 13.0 Å². The van der Waals surface area contributed by atoms with Gasteiger partial charge in [0.05, 0.1) is 0 Å². The van der Waals surface area contributed by atoms with Crippen molar-refractivity contribution in [2.24, 2.45) is 5.73 Å². The molecule has 4 heteroatoms. The first kappa shape index (κ1) is 15.0. The van der Waals surface area contributed by atoms with Crippen LogP contribution < -0.4 is 5.73 Å². The van der Waals surface area contributed by atoms with E-state index in [1.165, 1.54) is 0 Å². The molecule has 1 atom stereocenters. The molecule has 0 aromatic rings. The molecule has 3 nitrogen and oxygen atoms in total. The van der Waals surface area contributed by atoms with Crippen LogP contribution in [0.2, 0.25) is 0 Å². The number of primary amides is 1. The Morgan fingerprint density at radius 2 is 2.00 bits per heavy atom. The summed E-state index contributed by atoms with van der Waals surface area (Å²) in [5, 5.41) is 0. The van der Waals surface area contributed by atoms with Gasteiger partial charge >= 0.3 is 0 Å². The Morgan fingerprint density at radius 1 is 1.54 bits per heavy atom. The van der Waals surface area contributed by atoms with Crippen molar-refractivity contribution in [2.45, 2.75) is 26.3 Å². The summed E-state index contributed by atoms with van der Waals surface area (Å²) >= 11 is 0. The molecule has 13 heavy (non-hydrogen) atoms. The molecule has 2 N–H and O–H groups in total. The Labute approximate surface area is 86.4 Å². The predicted octanol–water partition coefficient (Wildman–Crippen LogP) is 1.18. The third kappa shape index (κ3) is 5.66. The number of carbonyl (C=O) groups excluding carboxylic acids is 1. The first-order chi connectivity index (χ1) is 5.49. The Kier molecular flexibility index (Phi) is 7.96. The van der Waals surface area contributed by atoms with E-state index in [2.05, 4.69) is 11.8 Å². The van der Waals surface area contributed by atoms with Crippen LogP contribution >= 0.6 is 12.4 Å². The number of carbonyl (C=O) groups is 1. The number of halogens is 1. The molecule has 0 saturated carbocycles. The van der Waals surface area contributed by atoms with E-state index >= 15 is 0 Å². The molecule has 0 bridgehead atoms. The van der Waals surface area contributed by atoms with E-state index in [0.717, 1.165) is 6.42 Å². The van der Waals surface area contributed by atoms with Crippen LogP contribution in [0.1, 0.15) is 20.3 Å². The summed E-state index contributed by atoms with van der Waals surface area (Å²) in [6.07, 6.45) is 2.89. The van der Waals surface area contributed by atoms with Gasteiger partial charge in [0.2, 0.25) is 5.91 Å². The molecular weight excluding hydrogens is 188 g/mol. The molecule has 1 amide bonds. The minimum atomic E-state index is -0.338. The summed E-state index contributed by atoms with van der Waals surface area (Å²) in [4.78, 5) is 12.8. The Balaban J connectivity index is 0. The maximum Gasteiger partial charge on any atom is 0.244 e. The monoisotopic (exact) mass is 206 g/mol. The van der Waals surface area contributed by atoms with Crippen molar-refractivity contribution in [3.8, 4) is 0 Å². The van der Waals surface area contributed by atoms with E-state index in [9.17, 15) is 4.79 Å². The fourth-order valence-electron chi connectivity index (χ4n) is 1.00. The van der Waals surface area contributed by atoms with Crippen molar-refractivity contribution in [3.05, 3.63) is 11.6 Å². The van der Waals surface area contributed by atoms with Gasteiger partial charge in [0.15, 0.2) is 0 Å². The van der Waals surface area contributed by atoms with Gasteiger partial charge in [0, 0.05) is 11.6 Å². The van der Waals surface area contributed by atoms with Crippen molar-refractivity contribution in [3.63, 3.8) is 0 Å². The average molecular weight is 207 g/mol. The van der Waals surface area contributed by atoms with Crippen LogP contribution in [0.25, 0.3) is 0 Å². The van der Waals surface area contributed by atoms with E-state index in [4.69, 9.17) is 5.73 Å². The highest BCUT2D eigenvalue weighted by Crippen LogP contribution is 2.04. The molecule has 0 aromatic heterocycles. The normalized spacial score (nSPS) is 13.8. The number of nitrogens with zero attached hydrogens (tertiary/aromatic N) is 1. The molecule has 0 aromatic carbocycles. The lowest BCUT2D eigenvalue weighted by molar-refractivity contribution is -0.114. The highest BCUT2D eigenvalue weighted by atomic mass is 35.5. The molecule has 0 aliphatic carbocycles. The molecule has 0 rings (SSSR count). The van der Waals surface area contributed by atoms with Gasteiger partial charge in [-0.15, -0.1) is 12.4 Å². The van der Waals surface area contributed by atoms with Gasteiger partial charge in [0.1, 0.15) is 0 Å². The van der Waals surface area contributed by atoms with Crippen molar-refractivity contribution in [1.29, 1.82) is 0 Å². The van der Waals surface area contributed by atoms with Crippen LogP contribution in [0.3, 0.4) is 0 Å². The van der Waals surface area contributed by atoms with E-state index in [0.29, 0.717) is 11.6 Å². The molecule has 0 aliphatic heterocycles. The minimum absolute atomic E-state index is 0. The molecule has 78 valence electrons. The maximum absolute atomic E-state index is 10.7. The third-order valence-corrected chi connectivity index (χ3v) is 1.91. The first-order valence-corrected chi connectivity index (χ1v) is 4.13. The topological polar surface area (TPSA) is 46.3 Å². The van der Waals surface area contributed by atoms with Gasteiger partial charge in [-0.2, -0.15) is 0 Å². The summed E-state index contributed by atoms with van der Waals surface area (Å²) in [6, 6.07) is 0.303. The first-order valence-electron chi connectivity index (χ1n) is 4.13. The largest absolute Gasteiger partial charge is 0.366 e. The second kappa shape index (κ2) is 6.92. The van der Waals surface area contributed by atoms with Crippen LogP contribution in [0.4, 0.5) is 0 Å². The number of hydrogen-bond acceptors (Lipinski definition) is 2. The summed E-state index contributed by atoms with van der Waals surface area (Å²) in [5.74, 6) is -0.338. The highest BCUT2D eigenvalue weighted by molar-refractivity contribution is 5.91. The van der Waals surface area contributed by atoms with Gasteiger partial charge < -0.3 is 10.6 Å². The van der Waals surface area contributed by atoms with E-state index in [1.54, 1.807) is 6.92 Å². The summed E-state index contributed by atoms with van der Waals surface area (Å²) in [7, 11) is 3.97. The molecule has 1 unspecified atom stereocenters. The Bertz CT molecular complexity index is 190. The van der Waals surface area contributed by atoms with Crippen LogP contribution in [0.5, 0.6) is 0 Å². The van der Waals surface area contributed by atoms with Gasteiger partial charge in [0.25, 0.3) is 0 Å². The summed E-state index contributed by atoms with van der Waals surface area (Å²) in [5.41, 5.74) is 5.75. The minimum Gasteiger partial charge on any atom is -0.366 e. The van der Waals surface area contributed by atoms with Crippen molar-refractivity contribution < 1.29 is 4.79 Å². The van der Waals surface area contributed by atoms with Crippen molar-refractivity contribution in [1.82, 2.24) is 4.90 Å². The van der Waals surface area contributed by atoms with Gasteiger partial charge in [-0.3, -0.25) is 4.79 Å². The number of nitrogens with two attached hydrogens (primary N) is 1. The van der Waals surface area contributed by atoms with Gasteiger partial charge in [-0.25, -0.2) is 0 Å². The second-order valence-corrected chi connectivity index (χ2v) is 3.15. The zero-order valence-electron chi connectivity index (χ0n) is 8.70. The second-order valence-electron chi connectivity index (χ2n) is 3.15. The quantitative estimate of drug-likeness (QED) is 0.703. The van der Waals surface area contributed by atoms with E-state index < -0.39 is 0 Å². The molecule has 0 saturated heterocycles. The lowest BCUT2D eigenvalue weighted by Crippen LogP contribution is -2.26. The molecule has 0 radical (unpaired) electrons. The highest BCUT2D eigenvalue weighted by Gasteiger charge is 2.07. The third-order valence-electron chi connectivity index (χ3n) is 1.91. The molecule has 0 fully saturated rings. The van der Waals surface area contributed by atoms with E-state index in [-0.39, 0.29) is 18.3 Å². The standard InChI is InChI=1S/C9H18N2O.ClH/c1-5-8(11(3)4)6-7(2)9(10)12;/h6,8H,5H2,1-4H3,(H2,10,12);1H. The molecule has 0 spiro atoms. The number of hydrogen-bond donors (Lipinski definition) is 1. The number of likely N-dealkylation sites (N-methyl/N-ethyl adjacent to an activating group) is 1. The number of amides is 1. The molecule has 0 aliphatic rings. The van der Waals surface area contributed by atoms with Crippen LogP contribution in [0, 0.1) is 0 Å². The SMILES string of the molecule is CCC(C=C(C)C(N)=O)N(C)C.Cl. The summed E-state index contributed by atoms with van der Waals surface area (Å²) in [6.45, 7) is 3.82. The zero-order chi connectivity index (χ0) is 9.72. The van der Waals surface area contributed by atoms with Crippen LogP contribution in [-0.2, 0) is 4.79 Å². The molecular formula is C9H19ClN2O. The van der Waals surface area contributed by atoms with Crippen molar-refractivity contribution >= 4 is 18.3 Å². The Morgan fingerprint density at radius 3 is 2.23 bits per heavy atom. The fraction of sp³-hybridized carbons (Fsp3) is 0.667. The van der Waals surface area contributed by atoms with E-state index in [1.807, 2.05) is 20.2 Å². The molecule has 0 heterocycles. The smallest absolute Gasteiger partial charge is 0.244 e. The summed E-state index contributed by atoms with van der Waals surface area (Å²) < 4.78 is 0. The van der Waals surface area contributed by atoms with Crippen molar-refractivity contribution in [2.75, 3.05) is 14.1 Å². The lowest BCUT2D eigenvalue weighted by atomic mass is 10.1. The zero-order valence-corrected chi connectivity index (χ0v) is 9.52. The number of rotatable bonds is 4. The van der Waals surface area contributed by atoms with Crippen LogP contribution in [-0.4, -0.2) is 30.9 Å². The maximum atomic E-state index is 10.7. The fourth-order valence-corrected chi connectivity index (χ4v) is 1.00. The lowest BCUT2D eigenvalue weighted by Gasteiger charge is -2.19. The van der Waals surface area contributed by atoms with Gasteiger partial charge in [-0.05, 0) is 27.4 Å². The Hall–Kier alpha value is -0.540. The predicted molar refractivity (Wildman–Crippen MR) is 58.0 cm³/mol.